The third kappa shape index (κ3) is 4.49. The lowest BCUT2D eigenvalue weighted by atomic mass is 9.94. The van der Waals surface area contributed by atoms with Crippen LogP contribution in [0.25, 0.3) is 0 Å². The van der Waals surface area contributed by atoms with Crippen molar-refractivity contribution in [3.05, 3.63) is 35.4 Å². The minimum atomic E-state index is -0.275. The van der Waals surface area contributed by atoms with Gasteiger partial charge < -0.3 is 11.1 Å². The first-order valence-corrected chi connectivity index (χ1v) is 6.60. The summed E-state index contributed by atoms with van der Waals surface area (Å²) in [6.07, 6.45) is 2.16. The molecule has 0 heterocycles. The van der Waals surface area contributed by atoms with Crippen LogP contribution in [0.3, 0.4) is 0 Å². The predicted octanol–water partition coefficient (Wildman–Crippen LogP) is 2.17. The number of benzene rings is 1. The molecule has 0 saturated heterocycles. The summed E-state index contributed by atoms with van der Waals surface area (Å²) < 4.78 is 0. The van der Waals surface area contributed by atoms with Crippen LogP contribution in [0, 0.1) is 6.92 Å². The molecular formula is C15H24N2O. The maximum absolute atomic E-state index is 11.8. The summed E-state index contributed by atoms with van der Waals surface area (Å²) in [4.78, 5) is 11.8. The maximum atomic E-state index is 11.8. The molecule has 0 saturated carbocycles. The molecule has 0 spiro atoms. The molecule has 3 nitrogen and oxygen atoms in total. The molecule has 1 aromatic rings. The van der Waals surface area contributed by atoms with Crippen LogP contribution in [0.2, 0.25) is 0 Å². The zero-order chi connectivity index (χ0) is 13.6. The van der Waals surface area contributed by atoms with E-state index in [4.69, 9.17) is 5.73 Å². The summed E-state index contributed by atoms with van der Waals surface area (Å²) in [6.45, 7) is 6.69. The summed E-state index contributed by atoms with van der Waals surface area (Å²) in [7, 11) is 0. The molecule has 100 valence electrons. The van der Waals surface area contributed by atoms with Crippen molar-refractivity contribution in [2.75, 3.05) is 6.54 Å². The lowest BCUT2D eigenvalue weighted by Gasteiger charge is -2.26. The van der Waals surface area contributed by atoms with Gasteiger partial charge in [-0.05, 0) is 25.3 Å². The van der Waals surface area contributed by atoms with Crippen LogP contribution in [0.5, 0.6) is 0 Å². The first-order chi connectivity index (χ1) is 8.49. The zero-order valence-electron chi connectivity index (χ0n) is 11.6. The number of amides is 1. The fourth-order valence-corrected chi connectivity index (χ4v) is 1.73. The summed E-state index contributed by atoms with van der Waals surface area (Å²) >= 11 is 0. The monoisotopic (exact) mass is 248 g/mol. The standard InChI is InChI=1S/C15H24N2O/c1-4-15(16,5-2)11-17-14(18)10-13-8-6-12(3)7-9-13/h6-9H,4-5,10-11,16H2,1-3H3,(H,17,18). The fourth-order valence-electron chi connectivity index (χ4n) is 1.73. The summed E-state index contributed by atoms with van der Waals surface area (Å²) in [6, 6.07) is 8.02. The molecule has 0 fully saturated rings. The third-order valence-electron chi connectivity index (χ3n) is 3.53. The van der Waals surface area contributed by atoms with Gasteiger partial charge in [0.1, 0.15) is 0 Å². The molecule has 18 heavy (non-hydrogen) atoms. The highest BCUT2D eigenvalue weighted by Crippen LogP contribution is 2.09. The highest BCUT2D eigenvalue weighted by Gasteiger charge is 2.20. The Bertz CT molecular complexity index is 380. The van der Waals surface area contributed by atoms with Gasteiger partial charge in [-0.2, -0.15) is 0 Å². The first-order valence-electron chi connectivity index (χ1n) is 6.60. The molecule has 0 aliphatic heterocycles. The average Bonchev–Trinajstić information content (AvgIpc) is 2.39. The van der Waals surface area contributed by atoms with E-state index in [1.165, 1.54) is 5.56 Å². The molecular weight excluding hydrogens is 224 g/mol. The number of aryl methyl sites for hydroxylation is 1. The van der Waals surface area contributed by atoms with Crippen LogP contribution in [-0.4, -0.2) is 18.0 Å². The lowest BCUT2D eigenvalue weighted by molar-refractivity contribution is -0.120. The van der Waals surface area contributed by atoms with Gasteiger partial charge in [0.2, 0.25) is 5.91 Å². The molecule has 0 radical (unpaired) electrons. The Morgan fingerprint density at radius 1 is 1.22 bits per heavy atom. The smallest absolute Gasteiger partial charge is 0.224 e. The van der Waals surface area contributed by atoms with Crippen molar-refractivity contribution < 1.29 is 4.79 Å². The van der Waals surface area contributed by atoms with Crippen LogP contribution in [0.15, 0.2) is 24.3 Å². The first kappa shape index (κ1) is 14.7. The number of carbonyl (C=O) groups is 1. The average molecular weight is 248 g/mol. The van der Waals surface area contributed by atoms with Gasteiger partial charge in [-0.25, -0.2) is 0 Å². The van der Waals surface area contributed by atoms with E-state index in [2.05, 4.69) is 19.2 Å². The highest BCUT2D eigenvalue weighted by atomic mass is 16.1. The molecule has 3 heteroatoms. The second kappa shape index (κ2) is 6.55. The maximum Gasteiger partial charge on any atom is 0.224 e. The Balaban J connectivity index is 2.45. The Hall–Kier alpha value is -1.35. The van der Waals surface area contributed by atoms with Gasteiger partial charge in [0, 0.05) is 12.1 Å². The van der Waals surface area contributed by atoms with Crippen LogP contribution < -0.4 is 11.1 Å². The van der Waals surface area contributed by atoms with E-state index in [9.17, 15) is 4.79 Å². The molecule has 0 aliphatic rings. The Kier molecular flexibility index (Phi) is 5.35. The largest absolute Gasteiger partial charge is 0.354 e. The highest BCUT2D eigenvalue weighted by molar-refractivity contribution is 5.78. The molecule has 0 unspecified atom stereocenters. The molecule has 0 aliphatic carbocycles. The third-order valence-corrected chi connectivity index (χ3v) is 3.53. The predicted molar refractivity (Wildman–Crippen MR) is 75.4 cm³/mol. The minimum absolute atomic E-state index is 0.0376. The molecule has 3 N–H and O–H groups in total. The molecule has 1 rings (SSSR count). The molecule has 0 aromatic heterocycles. The van der Waals surface area contributed by atoms with Crippen molar-refractivity contribution in [2.45, 2.75) is 45.6 Å². The van der Waals surface area contributed by atoms with E-state index in [0.717, 1.165) is 18.4 Å². The summed E-state index contributed by atoms with van der Waals surface area (Å²) in [5.74, 6) is 0.0376. The van der Waals surface area contributed by atoms with Gasteiger partial charge in [0.05, 0.1) is 6.42 Å². The van der Waals surface area contributed by atoms with Crippen molar-refractivity contribution in [3.8, 4) is 0 Å². The number of nitrogens with one attached hydrogen (secondary N) is 1. The quantitative estimate of drug-likeness (QED) is 0.810. The van der Waals surface area contributed by atoms with Crippen LogP contribution in [0.1, 0.15) is 37.8 Å². The number of hydrogen-bond acceptors (Lipinski definition) is 2. The topological polar surface area (TPSA) is 55.1 Å². The fraction of sp³-hybridized carbons (Fsp3) is 0.533. The number of rotatable bonds is 6. The number of nitrogens with two attached hydrogens (primary N) is 1. The van der Waals surface area contributed by atoms with Gasteiger partial charge >= 0.3 is 0 Å². The van der Waals surface area contributed by atoms with E-state index in [-0.39, 0.29) is 11.4 Å². The second-order valence-electron chi connectivity index (χ2n) is 5.01. The van der Waals surface area contributed by atoms with Crippen molar-refractivity contribution in [1.29, 1.82) is 0 Å². The Labute approximate surface area is 110 Å². The van der Waals surface area contributed by atoms with Crippen molar-refractivity contribution in [2.24, 2.45) is 5.73 Å². The zero-order valence-corrected chi connectivity index (χ0v) is 11.6. The summed E-state index contributed by atoms with van der Waals surface area (Å²) in [5, 5.41) is 2.92. The normalized spacial score (nSPS) is 11.3. The van der Waals surface area contributed by atoms with Crippen LogP contribution >= 0.6 is 0 Å². The Morgan fingerprint density at radius 3 is 2.28 bits per heavy atom. The van der Waals surface area contributed by atoms with Gasteiger partial charge in [-0.1, -0.05) is 43.7 Å². The Morgan fingerprint density at radius 2 is 1.78 bits per heavy atom. The van der Waals surface area contributed by atoms with E-state index < -0.39 is 0 Å². The van der Waals surface area contributed by atoms with Crippen LogP contribution in [-0.2, 0) is 11.2 Å². The van der Waals surface area contributed by atoms with Gasteiger partial charge in [-0.3, -0.25) is 4.79 Å². The molecule has 0 bridgehead atoms. The van der Waals surface area contributed by atoms with E-state index in [1.807, 2.05) is 31.2 Å². The van der Waals surface area contributed by atoms with Gasteiger partial charge in [0.25, 0.3) is 0 Å². The second-order valence-corrected chi connectivity index (χ2v) is 5.01. The number of hydrogen-bond donors (Lipinski definition) is 2. The lowest BCUT2D eigenvalue weighted by Crippen LogP contribution is -2.49. The van der Waals surface area contributed by atoms with E-state index >= 15 is 0 Å². The van der Waals surface area contributed by atoms with Crippen molar-refractivity contribution in [1.82, 2.24) is 5.32 Å². The minimum Gasteiger partial charge on any atom is -0.354 e. The molecule has 0 atom stereocenters. The van der Waals surface area contributed by atoms with Crippen LogP contribution in [0.4, 0.5) is 0 Å². The van der Waals surface area contributed by atoms with Crippen molar-refractivity contribution in [3.63, 3.8) is 0 Å². The van der Waals surface area contributed by atoms with Gasteiger partial charge in [-0.15, -0.1) is 0 Å². The van der Waals surface area contributed by atoms with E-state index in [0.29, 0.717) is 13.0 Å². The molecule has 1 amide bonds. The molecule has 1 aromatic carbocycles. The van der Waals surface area contributed by atoms with Crippen molar-refractivity contribution >= 4 is 5.91 Å². The van der Waals surface area contributed by atoms with Gasteiger partial charge in [0.15, 0.2) is 0 Å². The summed E-state index contributed by atoms with van der Waals surface area (Å²) in [5.41, 5.74) is 8.11. The number of carbonyl (C=O) groups excluding carboxylic acids is 1. The van der Waals surface area contributed by atoms with E-state index in [1.54, 1.807) is 0 Å². The SMILES string of the molecule is CCC(N)(CC)CNC(=O)Cc1ccc(C)cc1.